The number of fused-ring (bicyclic) bond motifs is 1. The molecule has 0 saturated heterocycles. The summed E-state index contributed by atoms with van der Waals surface area (Å²) < 4.78 is 26.3. The van der Waals surface area contributed by atoms with Crippen LogP contribution in [0.2, 0.25) is 0 Å². The van der Waals surface area contributed by atoms with Crippen LogP contribution in [0.15, 0.2) is 36.4 Å². The normalized spacial score (nSPS) is 11.2. The third-order valence-electron chi connectivity index (χ3n) is 3.31. The smallest absolute Gasteiger partial charge is 0.161 e. The maximum absolute atomic E-state index is 13.1. The van der Waals surface area contributed by atoms with E-state index in [-0.39, 0.29) is 0 Å². The average molecular weight is 272 g/mol. The number of hydrogen-bond acceptors (Lipinski definition) is 1. The SMILES string of the molecule is Cc1cccc(CCc2nc3cc(F)c(F)cc3[nH]2)c1. The summed E-state index contributed by atoms with van der Waals surface area (Å²) in [7, 11) is 0. The maximum Gasteiger partial charge on any atom is 0.161 e. The van der Waals surface area contributed by atoms with E-state index in [1.165, 1.54) is 11.1 Å². The second-order valence-electron chi connectivity index (χ2n) is 4.96. The molecule has 1 heterocycles. The molecule has 0 aliphatic rings. The van der Waals surface area contributed by atoms with Crippen molar-refractivity contribution in [3.05, 3.63) is 65.0 Å². The third kappa shape index (κ3) is 2.54. The number of rotatable bonds is 3. The first-order chi connectivity index (χ1) is 9.61. The molecule has 3 aromatic rings. The van der Waals surface area contributed by atoms with E-state index in [0.29, 0.717) is 17.5 Å². The zero-order valence-corrected chi connectivity index (χ0v) is 11.1. The average Bonchev–Trinajstić information content (AvgIpc) is 2.79. The van der Waals surface area contributed by atoms with Crippen LogP contribution in [0, 0.1) is 18.6 Å². The molecule has 3 rings (SSSR count). The molecule has 1 aromatic heterocycles. The highest BCUT2D eigenvalue weighted by atomic mass is 19.2. The molecule has 0 spiro atoms. The Morgan fingerprint density at radius 2 is 1.85 bits per heavy atom. The molecule has 0 unspecified atom stereocenters. The molecule has 102 valence electrons. The van der Waals surface area contributed by atoms with E-state index in [0.717, 1.165) is 24.4 Å². The van der Waals surface area contributed by atoms with Crippen molar-refractivity contribution in [3.63, 3.8) is 0 Å². The van der Waals surface area contributed by atoms with Gasteiger partial charge in [-0.2, -0.15) is 0 Å². The summed E-state index contributed by atoms with van der Waals surface area (Å²) in [4.78, 5) is 7.32. The molecule has 2 nitrogen and oxygen atoms in total. The van der Waals surface area contributed by atoms with Crippen LogP contribution in [-0.4, -0.2) is 9.97 Å². The van der Waals surface area contributed by atoms with Crippen molar-refractivity contribution in [2.24, 2.45) is 0 Å². The fourth-order valence-corrected chi connectivity index (χ4v) is 2.31. The molecule has 0 amide bonds. The molecule has 0 aliphatic carbocycles. The van der Waals surface area contributed by atoms with Crippen molar-refractivity contribution in [3.8, 4) is 0 Å². The largest absolute Gasteiger partial charge is 0.342 e. The fraction of sp³-hybridized carbons (Fsp3) is 0.188. The number of benzene rings is 2. The van der Waals surface area contributed by atoms with Gasteiger partial charge < -0.3 is 4.98 Å². The minimum Gasteiger partial charge on any atom is -0.342 e. The van der Waals surface area contributed by atoms with Gasteiger partial charge in [0.2, 0.25) is 0 Å². The number of nitrogens with zero attached hydrogens (tertiary/aromatic N) is 1. The van der Waals surface area contributed by atoms with Crippen molar-refractivity contribution in [2.75, 3.05) is 0 Å². The highest BCUT2D eigenvalue weighted by Crippen LogP contribution is 2.17. The zero-order chi connectivity index (χ0) is 14.1. The van der Waals surface area contributed by atoms with Gasteiger partial charge in [0.05, 0.1) is 11.0 Å². The van der Waals surface area contributed by atoms with E-state index in [9.17, 15) is 8.78 Å². The first kappa shape index (κ1) is 12.8. The number of H-pyrrole nitrogens is 1. The van der Waals surface area contributed by atoms with E-state index in [4.69, 9.17) is 0 Å². The van der Waals surface area contributed by atoms with E-state index in [2.05, 4.69) is 35.1 Å². The molecule has 2 aromatic carbocycles. The molecular weight excluding hydrogens is 258 g/mol. The van der Waals surface area contributed by atoms with Gasteiger partial charge in [-0.15, -0.1) is 0 Å². The van der Waals surface area contributed by atoms with Crippen LogP contribution in [0.4, 0.5) is 8.78 Å². The van der Waals surface area contributed by atoms with Crippen LogP contribution >= 0.6 is 0 Å². The highest BCUT2D eigenvalue weighted by Gasteiger charge is 2.08. The molecule has 0 atom stereocenters. The molecule has 4 heteroatoms. The van der Waals surface area contributed by atoms with Gasteiger partial charge in [-0.05, 0) is 18.9 Å². The predicted molar refractivity (Wildman–Crippen MR) is 74.6 cm³/mol. The minimum absolute atomic E-state index is 0.461. The van der Waals surface area contributed by atoms with Crippen molar-refractivity contribution in [2.45, 2.75) is 19.8 Å². The molecular formula is C16H14F2N2. The van der Waals surface area contributed by atoms with Gasteiger partial charge in [-0.25, -0.2) is 13.8 Å². The summed E-state index contributed by atoms with van der Waals surface area (Å²) in [5, 5.41) is 0. The number of aryl methyl sites for hydroxylation is 3. The van der Waals surface area contributed by atoms with Crippen LogP contribution in [0.1, 0.15) is 17.0 Å². The number of aromatic nitrogens is 2. The van der Waals surface area contributed by atoms with Gasteiger partial charge in [0.25, 0.3) is 0 Å². The maximum atomic E-state index is 13.1. The monoisotopic (exact) mass is 272 g/mol. The molecule has 1 N–H and O–H groups in total. The van der Waals surface area contributed by atoms with Crippen molar-refractivity contribution in [1.82, 2.24) is 9.97 Å². The van der Waals surface area contributed by atoms with Crippen molar-refractivity contribution >= 4 is 11.0 Å². The Balaban J connectivity index is 1.81. The number of nitrogens with one attached hydrogen (secondary N) is 1. The Bertz CT molecular complexity index is 723. The standard InChI is InChI=1S/C16H14F2N2/c1-10-3-2-4-11(7-10)5-6-16-19-14-8-12(17)13(18)9-15(14)20-16/h2-4,7-9H,5-6H2,1H3,(H,19,20). The third-order valence-corrected chi connectivity index (χ3v) is 3.31. The summed E-state index contributed by atoms with van der Waals surface area (Å²) in [5.41, 5.74) is 3.44. The summed E-state index contributed by atoms with van der Waals surface area (Å²) in [6.07, 6.45) is 1.55. The second kappa shape index (κ2) is 5.04. The first-order valence-electron chi connectivity index (χ1n) is 6.51. The van der Waals surface area contributed by atoms with Gasteiger partial charge in [0.15, 0.2) is 11.6 Å². The van der Waals surface area contributed by atoms with E-state index < -0.39 is 11.6 Å². The summed E-state index contributed by atoms with van der Waals surface area (Å²) in [6, 6.07) is 10.5. The lowest BCUT2D eigenvalue weighted by Gasteiger charge is -2.00. The van der Waals surface area contributed by atoms with Crippen LogP contribution < -0.4 is 0 Å². The number of halogens is 2. The number of hydrogen-bond donors (Lipinski definition) is 1. The molecule has 0 fully saturated rings. The number of aromatic amines is 1. The zero-order valence-electron chi connectivity index (χ0n) is 11.1. The summed E-state index contributed by atoms with van der Waals surface area (Å²) in [5.74, 6) is -0.980. The van der Waals surface area contributed by atoms with Crippen LogP contribution in [0.3, 0.4) is 0 Å². The molecule has 0 saturated carbocycles. The Labute approximate surface area is 115 Å². The molecule has 20 heavy (non-hydrogen) atoms. The van der Waals surface area contributed by atoms with Crippen LogP contribution in [-0.2, 0) is 12.8 Å². The van der Waals surface area contributed by atoms with Gasteiger partial charge in [0, 0.05) is 18.6 Å². The van der Waals surface area contributed by atoms with E-state index in [1.54, 1.807) is 0 Å². The van der Waals surface area contributed by atoms with Gasteiger partial charge in [0.1, 0.15) is 5.82 Å². The minimum atomic E-state index is -0.866. The van der Waals surface area contributed by atoms with E-state index in [1.807, 2.05) is 6.07 Å². The lowest BCUT2D eigenvalue weighted by molar-refractivity contribution is 0.510. The van der Waals surface area contributed by atoms with Crippen molar-refractivity contribution in [1.29, 1.82) is 0 Å². The molecule has 0 radical (unpaired) electrons. The second-order valence-corrected chi connectivity index (χ2v) is 4.96. The van der Waals surface area contributed by atoms with E-state index >= 15 is 0 Å². The Hall–Kier alpha value is -2.23. The Morgan fingerprint density at radius 1 is 1.05 bits per heavy atom. The molecule has 0 bridgehead atoms. The van der Waals surface area contributed by atoms with Gasteiger partial charge in [-0.3, -0.25) is 0 Å². The van der Waals surface area contributed by atoms with Gasteiger partial charge in [-0.1, -0.05) is 29.8 Å². The lowest BCUT2D eigenvalue weighted by Crippen LogP contribution is -1.93. The quantitative estimate of drug-likeness (QED) is 0.768. The first-order valence-corrected chi connectivity index (χ1v) is 6.51. The number of imidazole rings is 1. The van der Waals surface area contributed by atoms with Crippen LogP contribution in [0.25, 0.3) is 11.0 Å². The topological polar surface area (TPSA) is 28.7 Å². The van der Waals surface area contributed by atoms with Crippen LogP contribution in [0.5, 0.6) is 0 Å². The fourth-order valence-electron chi connectivity index (χ4n) is 2.31. The van der Waals surface area contributed by atoms with Crippen molar-refractivity contribution < 1.29 is 8.78 Å². The molecule has 0 aliphatic heterocycles. The predicted octanol–water partition coefficient (Wildman–Crippen LogP) is 3.93. The summed E-state index contributed by atoms with van der Waals surface area (Å²) >= 11 is 0. The summed E-state index contributed by atoms with van der Waals surface area (Å²) in [6.45, 7) is 2.05. The Morgan fingerprint density at radius 3 is 2.65 bits per heavy atom. The Kier molecular flexibility index (Phi) is 3.22. The highest BCUT2D eigenvalue weighted by molar-refractivity contribution is 5.75. The lowest BCUT2D eigenvalue weighted by atomic mass is 10.1. The van der Waals surface area contributed by atoms with Gasteiger partial charge >= 0.3 is 0 Å².